The summed E-state index contributed by atoms with van der Waals surface area (Å²) in [4.78, 5) is 18.1. The Kier molecular flexibility index (Phi) is 3.99. The number of pyridine rings is 1. The normalized spacial score (nSPS) is 20.4. The molecule has 0 spiro atoms. The lowest BCUT2D eigenvalue weighted by Crippen LogP contribution is -2.44. The van der Waals surface area contributed by atoms with Crippen molar-refractivity contribution < 1.29 is 10.0 Å². The zero-order chi connectivity index (χ0) is 13.8. The molecule has 0 saturated carbocycles. The lowest BCUT2D eigenvalue weighted by molar-refractivity contribution is 0.0701. The van der Waals surface area contributed by atoms with Gasteiger partial charge in [-0.3, -0.25) is 9.78 Å². The van der Waals surface area contributed by atoms with E-state index in [2.05, 4.69) is 10.1 Å². The molecule has 19 heavy (non-hydrogen) atoms. The molecule has 1 fully saturated rings. The highest BCUT2D eigenvalue weighted by Gasteiger charge is 2.27. The molecule has 2 rings (SSSR count). The van der Waals surface area contributed by atoms with Crippen molar-refractivity contribution in [2.24, 2.45) is 16.8 Å². The zero-order valence-corrected chi connectivity index (χ0v) is 10.9. The first-order valence-corrected chi connectivity index (χ1v) is 6.30. The molecule has 0 aromatic carbocycles. The Morgan fingerprint density at radius 1 is 1.58 bits per heavy atom. The predicted octanol–water partition coefficient (Wildman–Crippen LogP) is 0.989. The van der Waals surface area contributed by atoms with Gasteiger partial charge in [0.15, 0.2) is 0 Å². The van der Waals surface area contributed by atoms with E-state index in [0.29, 0.717) is 18.7 Å². The second-order valence-corrected chi connectivity index (χ2v) is 4.87. The average Bonchev–Trinajstić information content (AvgIpc) is 2.45. The van der Waals surface area contributed by atoms with Gasteiger partial charge in [-0.25, -0.2) is 0 Å². The molecule has 1 atom stereocenters. The monoisotopic (exact) mass is 262 g/mol. The average molecular weight is 262 g/mol. The molecule has 2 heterocycles. The summed E-state index contributed by atoms with van der Waals surface area (Å²) in [5.41, 5.74) is 7.16. The quantitative estimate of drug-likeness (QED) is 0.360. The van der Waals surface area contributed by atoms with E-state index >= 15 is 0 Å². The van der Waals surface area contributed by atoms with Gasteiger partial charge >= 0.3 is 0 Å². The fourth-order valence-corrected chi connectivity index (χ4v) is 2.34. The minimum Gasteiger partial charge on any atom is -0.409 e. The Hall–Kier alpha value is -2.11. The molecule has 0 radical (unpaired) electrons. The maximum Gasteiger partial charge on any atom is 0.255 e. The van der Waals surface area contributed by atoms with Crippen molar-refractivity contribution in [3.8, 4) is 0 Å². The molecule has 1 saturated heterocycles. The van der Waals surface area contributed by atoms with E-state index in [1.165, 1.54) is 0 Å². The number of carbonyl (C=O) groups excluding carboxylic acids is 1. The first-order valence-electron chi connectivity index (χ1n) is 6.30. The van der Waals surface area contributed by atoms with Crippen LogP contribution in [0.15, 0.2) is 23.6 Å². The highest BCUT2D eigenvalue weighted by atomic mass is 16.4. The number of nitrogens with zero attached hydrogens (tertiary/aromatic N) is 3. The number of amidine groups is 1. The third-order valence-corrected chi connectivity index (χ3v) is 3.36. The Labute approximate surface area is 111 Å². The van der Waals surface area contributed by atoms with Crippen molar-refractivity contribution in [1.82, 2.24) is 9.88 Å². The van der Waals surface area contributed by atoms with Crippen LogP contribution < -0.4 is 5.73 Å². The molecule has 1 aliphatic heterocycles. The molecular weight excluding hydrogens is 244 g/mol. The maximum absolute atomic E-state index is 12.4. The minimum absolute atomic E-state index is 0.0494. The number of piperidine rings is 1. The number of aromatic nitrogens is 1. The molecule has 1 aromatic heterocycles. The van der Waals surface area contributed by atoms with E-state index < -0.39 is 0 Å². The van der Waals surface area contributed by atoms with E-state index in [-0.39, 0.29) is 17.7 Å². The highest BCUT2D eigenvalue weighted by molar-refractivity contribution is 5.94. The van der Waals surface area contributed by atoms with Gasteiger partial charge in [-0.15, -0.1) is 0 Å². The third-order valence-electron chi connectivity index (χ3n) is 3.36. The Bertz CT molecular complexity index is 501. The van der Waals surface area contributed by atoms with Crippen molar-refractivity contribution >= 4 is 11.7 Å². The SMILES string of the molecule is Cc1cncc(C(=O)N2CCCC(C(N)=NO)C2)c1. The third kappa shape index (κ3) is 3.01. The Morgan fingerprint density at radius 3 is 3.05 bits per heavy atom. The molecule has 0 aliphatic carbocycles. The number of carbonyl (C=O) groups is 1. The van der Waals surface area contributed by atoms with Gasteiger partial charge in [-0.05, 0) is 31.4 Å². The predicted molar refractivity (Wildman–Crippen MR) is 71.0 cm³/mol. The Balaban J connectivity index is 2.11. The first kappa shape index (κ1) is 13.3. The minimum atomic E-state index is -0.0690. The van der Waals surface area contributed by atoms with E-state index in [1.807, 2.05) is 13.0 Å². The summed E-state index contributed by atoms with van der Waals surface area (Å²) >= 11 is 0. The van der Waals surface area contributed by atoms with Crippen LogP contribution in [0.2, 0.25) is 0 Å². The highest BCUT2D eigenvalue weighted by Crippen LogP contribution is 2.18. The summed E-state index contributed by atoms with van der Waals surface area (Å²) in [6, 6.07) is 1.82. The van der Waals surface area contributed by atoms with Gasteiger partial charge in [0, 0.05) is 31.4 Å². The van der Waals surface area contributed by atoms with Crippen molar-refractivity contribution in [1.29, 1.82) is 0 Å². The van der Waals surface area contributed by atoms with E-state index in [0.717, 1.165) is 18.4 Å². The van der Waals surface area contributed by atoms with Gasteiger partial charge in [0.2, 0.25) is 0 Å². The topological polar surface area (TPSA) is 91.8 Å². The number of amides is 1. The number of nitrogens with two attached hydrogens (primary N) is 1. The summed E-state index contributed by atoms with van der Waals surface area (Å²) in [5.74, 6) is 0.0759. The molecule has 1 amide bonds. The molecule has 1 aromatic rings. The van der Waals surface area contributed by atoms with E-state index in [9.17, 15) is 4.79 Å². The maximum atomic E-state index is 12.4. The number of likely N-dealkylation sites (tertiary alicyclic amines) is 1. The lowest BCUT2D eigenvalue weighted by Gasteiger charge is -2.32. The number of hydrogen-bond acceptors (Lipinski definition) is 4. The molecule has 0 bridgehead atoms. The first-order chi connectivity index (χ1) is 9.11. The molecule has 3 N–H and O–H groups in total. The van der Waals surface area contributed by atoms with Crippen LogP contribution in [0.4, 0.5) is 0 Å². The van der Waals surface area contributed by atoms with Crippen LogP contribution in [-0.4, -0.2) is 39.9 Å². The van der Waals surface area contributed by atoms with Gasteiger partial charge in [-0.2, -0.15) is 0 Å². The van der Waals surface area contributed by atoms with Crippen LogP contribution in [0.3, 0.4) is 0 Å². The fraction of sp³-hybridized carbons (Fsp3) is 0.462. The van der Waals surface area contributed by atoms with Crippen molar-refractivity contribution in [3.05, 3.63) is 29.6 Å². The summed E-state index contributed by atoms with van der Waals surface area (Å²) in [6.45, 7) is 3.09. The second-order valence-electron chi connectivity index (χ2n) is 4.87. The van der Waals surface area contributed by atoms with Crippen LogP contribution in [0, 0.1) is 12.8 Å². The molecule has 1 aliphatic rings. The van der Waals surface area contributed by atoms with Crippen LogP contribution >= 0.6 is 0 Å². The van der Waals surface area contributed by atoms with Gasteiger partial charge in [0.1, 0.15) is 5.84 Å². The van der Waals surface area contributed by atoms with Crippen molar-refractivity contribution in [2.75, 3.05) is 13.1 Å². The fourth-order valence-electron chi connectivity index (χ4n) is 2.34. The van der Waals surface area contributed by atoms with Crippen molar-refractivity contribution in [2.45, 2.75) is 19.8 Å². The van der Waals surface area contributed by atoms with Gasteiger partial charge < -0.3 is 15.8 Å². The molecular formula is C13H18N4O2. The number of hydrogen-bond donors (Lipinski definition) is 2. The van der Waals surface area contributed by atoms with Crippen LogP contribution in [0.5, 0.6) is 0 Å². The largest absolute Gasteiger partial charge is 0.409 e. The summed E-state index contributed by atoms with van der Waals surface area (Å²) < 4.78 is 0. The van der Waals surface area contributed by atoms with Crippen LogP contribution in [0.1, 0.15) is 28.8 Å². The van der Waals surface area contributed by atoms with E-state index in [1.54, 1.807) is 17.3 Å². The van der Waals surface area contributed by atoms with Crippen LogP contribution in [-0.2, 0) is 0 Å². The summed E-state index contributed by atoms with van der Waals surface area (Å²) in [7, 11) is 0. The van der Waals surface area contributed by atoms with Crippen LogP contribution in [0.25, 0.3) is 0 Å². The molecule has 6 heteroatoms. The molecule has 1 unspecified atom stereocenters. The van der Waals surface area contributed by atoms with Gasteiger partial charge in [0.05, 0.1) is 5.56 Å². The van der Waals surface area contributed by atoms with Gasteiger partial charge in [-0.1, -0.05) is 5.16 Å². The zero-order valence-electron chi connectivity index (χ0n) is 10.9. The van der Waals surface area contributed by atoms with Gasteiger partial charge in [0.25, 0.3) is 5.91 Å². The number of oxime groups is 1. The summed E-state index contributed by atoms with van der Waals surface area (Å²) in [5, 5.41) is 11.8. The van der Waals surface area contributed by atoms with Crippen molar-refractivity contribution in [3.63, 3.8) is 0 Å². The summed E-state index contributed by atoms with van der Waals surface area (Å²) in [6.07, 6.45) is 4.98. The molecule has 6 nitrogen and oxygen atoms in total. The lowest BCUT2D eigenvalue weighted by atomic mass is 9.96. The standard InChI is InChI=1S/C13H18N4O2/c1-9-5-11(7-15-6-9)13(18)17-4-2-3-10(8-17)12(14)16-19/h5-7,10,19H,2-4,8H2,1H3,(H2,14,16). The Morgan fingerprint density at radius 2 is 2.37 bits per heavy atom. The second kappa shape index (κ2) is 5.69. The number of rotatable bonds is 2. The number of aryl methyl sites for hydroxylation is 1. The molecule has 102 valence electrons. The smallest absolute Gasteiger partial charge is 0.255 e. The van der Waals surface area contributed by atoms with E-state index in [4.69, 9.17) is 10.9 Å².